The highest BCUT2D eigenvalue weighted by molar-refractivity contribution is 7.17. The number of furan rings is 1. The largest absolute Gasteiger partial charge is 0.492 e. The first-order valence-corrected chi connectivity index (χ1v) is 8.85. The number of piperidine rings is 1. The zero-order valence-electron chi connectivity index (χ0n) is 13.3. The molecule has 126 valence electrons. The highest BCUT2D eigenvalue weighted by atomic mass is 32.1. The van der Waals surface area contributed by atoms with Crippen LogP contribution in [0, 0.1) is 0 Å². The number of hydrogen-bond donors (Lipinski definition) is 1. The van der Waals surface area contributed by atoms with Crippen LogP contribution >= 0.6 is 11.3 Å². The van der Waals surface area contributed by atoms with Crippen molar-refractivity contribution in [1.29, 1.82) is 0 Å². The first-order chi connectivity index (χ1) is 11.7. The fraction of sp³-hybridized carbons (Fsp3) is 0.438. The number of likely N-dealkylation sites (tertiary alicyclic amines) is 1. The number of carbonyl (C=O) groups is 1. The molecule has 1 atom stereocenters. The van der Waals surface area contributed by atoms with Gasteiger partial charge in [0.25, 0.3) is 0 Å². The Labute approximate surface area is 142 Å². The molecule has 0 amide bonds. The Bertz CT molecular complexity index is 858. The minimum atomic E-state index is -0.230. The molecule has 3 aromatic rings. The third-order valence-electron chi connectivity index (χ3n) is 4.34. The minimum Gasteiger partial charge on any atom is -0.492 e. The van der Waals surface area contributed by atoms with E-state index in [-0.39, 0.29) is 17.7 Å². The SMILES string of the molecule is CCc1nc2sc(C(c3ccco3)N3CCC(=O)CC3)c(O)n2n1. The Morgan fingerprint density at radius 1 is 1.42 bits per heavy atom. The molecule has 0 aliphatic carbocycles. The summed E-state index contributed by atoms with van der Waals surface area (Å²) in [6.07, 6.45) is 3.40. The van der Waals surface area contributed by atoms with Crippen LogP contribution in [0.3, 0.4) is 0 Å². The average Bonchev–Trinajstić information content (AvgIpc) is 3.29. The van der Waals surface area contributed by atoms with Gasteiger partial charge in [-0.15, -0.1) is 5.10 Å². The Hall–Kier alpha value is -2.19. The second-order valence-electron chi connectivity index (χ2n) is 5.86. The van der Waals surface area contributed by atoms with Gasteiger partial charge in [-0.1, -0.05) is 18.3 Å². The number of Topliss-reactive ketones (excluding diaryl/α,β-unsaturated/α-hetero) is 1. The second-order valence-corrected chi connectivity index (χ2v) is 6.87. The molecule has 3 aromatic heterocycles. The molecular weight excluding hydrogens is 328 g/mol. The molecular formula is C16H18N4O3S. The Morgan fingerprint density at radius 2 is 2.21 bits per heavy atom. The molecule has 7 nitrogen and oxygen atoms in total. The summed E-state index contributed by atoms with van der Waals surface area (Å²) in [5, 5.41) is 15.0. The van der Waals surface area contributed by atoms with E-state index in [4.69, 9.17) is 4.42 Å². The predicted molar refractivity (Wildman–Crippen MR) is 88.3 cm³/mol. The normalized spacial score (nSPS) is 17.6. The minimum absolute atomic E-state index is 0.0977. The summed E-state index contributed by atoms with van der Waals surface area (Å²) in [5.41, 5.74) is 0. The van der Waals surface area contributed by atoms with E-state index < -0.39 is 0 Å². The third kappa shape index (κ3) is 2.51. The molecule has 24 heavy (non-hydrogen) atoms. The fourth-order valence-electron chi connectivity index (χ4n) is 3.07. The van der Waals surface area contributed by atoms with E-state index in [2.05, 4.69) is 15.0 Å². The van der Waals surface area contributed by atoms with Gasteiger partial charge < -0.3 is 9.52 Å². The van der Waals surface area contributed by atoms with Crippen molar-refractivity contribution in [3.8, 4) is 5.88 Å². The van der Waals surface area contributed by atoms with Crippen molar-refractivity contribution in [1.82, 2.24) is 19.5 Å². The Kier molecular flexibility index (Phi) is 3.85. The molecule has 1 saturated heterocycles. The summed E-state index contributed by atoms with van der Waals surface area (Å²) >= 11 is 1.41. The molecule has 0 spiro atoms. The topological polar surface area (TPSA) is 83.9 Å². The number of aromatic hydroxyl groups is 1. The lowest BCUT2D eigenvalue weighted by Crippen LogP contribution is -2.37. The molecule has 0 aromatic carbocycles. The van der Waals surface area contributed by atoms with E-state index in [9.17, 15) is 9.90 Å². The molecule has 0 bridgehead atoms. The molecule has 1 aliphatic rings. The molecule has 4 heterocycles. The number of aromatic nitrogens is 3. The quantitative estimate of drug-likeness (QED) is 0.781. The van der Waals surface area contributed by atoms with Gasteiger partial charge in [0.1, 0.15) is 17.6 Å². The van der Waals surface area contributed by atoms with Gasteiger partial charge >= 0.3 is 0 Å². The molecule has 1 fully saturated rings. The van der Waals surface area contributed by atoms with E-state index in [1.165, 1.54) is 15.9 Å². The van der Waals surface area contributed by atoms with E-state index in [0.717, 1.165) is 17.1 Å². The standard InChI is InChI=1S/C16H18N4O3S/c1-2-12-17-16-20(18-12)15(22)14(24-16)13(11-4-3-9-23-11)19-7-5-10(21)6-8-19/h3-4,9,13,22H,2,5-8H2,1H3. The first kappa shape index (κ1) is 15.3. The Balaban J connectivity index is 1.77. The lowest BCUT2D eigenvalue weighted by molar-refractivity contribution is -0.121. The maximum atomic E-state index is 11.6. The molecule has 0 radical (unpaired) electrons. The summed E-state index contributed by atoms with van der Waals surface area (Å²) in [6.45, 7) is 3.28. The molecule has 1 unspecified atom stereocenters. The lowest BCUT2D eigenvalue weighted by Gasteiger charge is -2.32. The van der Waals surface area contributed by atoms with Gasteiger partial charge in [0.05, 0.1) is 11.1 Å². The van der Waals surface area contributed by atoms with Gasteiger partial charge in [-0.25, -0.2) is 4.98 Å². The van der Waals surface area contributed by atoms with Gasteiger partial charge in [0.15, 0.2) is 5.82 Å². The number of ketones is 1. The van der Waals surface area contributed by atoms with Crippen molar-refractivity contribution in [3.05, 3.63) is 34.9 Å². The number of fused-ring (bicyclic) bond motifs is 1. The number of nitrogens with zero attached hydrogens (tertiary/aromatic N) is 4. The summed E-state index contributed by atoms with van der Waals surface area (Å²) in [5.74, 6) is 1.84. The lowest BCUT2D eigenvalue weighted by atomic mass is 10.0. The van der Waals surface area contributed by atoms with Crippen LogP contribution in [0.15, 0.2) is 22.8 Å². The summed E-state index contributed by atoms with van der Waals surface area (Å²) in [6, 6.07) is 3.50. The maximum absolute atomic E-state index is 11.6. The summed E-state index contributed by atoms with van der Waals surface area (Å²) < 4.78 is 7.11. The number of thiazole rings is 1. The van der Waals surface area contributed by atoms with E-state index in [1.54, 1.807) is 6.26 Å². The van der Waals surface area contributed by atoms with Crippen molar-refractivity contribution >= 4 is 22.1 Å². The highest BCUT2D eigenvalue weighted by Crippen LogP contribution is 2.40. The van der Waals surface area contributed by atoms with Gasteiger partial charge in [0.2, 0.25) is 10.8 Å². The smallest absolute Gasteiger partial charge is 0.230 e. The van der Waals surface area contributed by atoms with Crippen LogP contribution < -0.4 is 0 Å². The van der Waals surface area contributed by atoms with Gasteiger partial charge in [-0.05, 0) is 12.1 Å². The van der Waals surface area contributed by atoms with Gasteiger partial charge in [-0.2, -0.15) is 4.52 Å². The second kappa shape index (κ2) is 6.03. The van der Waals surface area contributed by atoms with Crippen LogP contribution in [-0.4, -0.2) is 43.5 Å². The molecule has 1 aliphatic heterocycles. The van der Waals surface area contributed by atoms with Crippen LogP contribution in [0.1, 0.15) is 42.3 Å². The molecule has 4 rings (SSSR count). The Morgan fingerprint density at radius 3 is 2.83 bits per heavy atom. The van der Waals surface area contributed by atoms with Crippen LogP contribution in [0.25, 0.3) is 4.96 Å². The van der Waals surface area contributed by atoms with Crippen LogP contribution in [0.4, 0.5) is 0 Å². The van der Waals surface area contributed by atoms with Gasteiger partial charge in [0, 0.05) is 32.4 Å². The average molecular weight is 346 g/mol. The molecule has 1 N–H and O–H groups in total. The fourth-order valence-corrected chi connectivity index (χ4v) is 4.19. The number of hydrogen-bond acceptors (Lipinski definition) is 7. The molecule has 0 saturated carbocycles. The summed E-state index contributed by atoms with van der Waals surface area (Å²) in [7, 11) is 0. The van der Waals surface area contributed by atoms with E-state index >= 15 is 0 Å². The third-order valence-corrected chi connectivity index (χ3v) is 5.41. The summed E-state index contributed by atoms with van der Waals surface area (Å²) in [4.78, 5) is 19.6. The number of rotatable bonds is 4. The van der Waals surface area contributed by atoms with Crippen molar-refractivity contribution < 1.29 is 14.3 Å². The van der Waals surface area contributed by atoms with Crippen molar-refractivity contribution in [2.75, 3.05) is 13.1 Å². The zero-order valence-corrected chi connectivity index (χ0v) is 14.1. The number of aryl methyl sites for hydroxylation is 1. The van der Waals surface area contributed by atoms with Gasteiger partial charge in [-0.3, -0.25) is 9.69 Å². The van der Waals surface area contributed by atoms with Crippen molar-refractivity contribution in [3.63, 3.8) is 0 Å². The predicted octanol–water partition coefficient (Wildman–Crippen LogP) is 2.41. The highest BCUT2D eigenvalue weighted by Gasteiger charge is 2.33. The van der Waals surface area contributed by atoms with Crippen LogP contribution in [0.2, 0.25) is 0 Å². The zero-order chi connectivity index (χ0) is 16.7. The maximum Gasteiger partial charge on any atom is 0.230 e. The van der Waals surface area contributed by atoms with Crippen LogP contribution in [-0.2, 0) is 11.2 Å². The number of carbonyl (C=O) groups excluding carboxylic acids is 1. The van der Waals surface area contributed by atoms with E-state index in [0.29, 0.717) is 36.7 Å². The monoisotopic (exact) mass is 346 g/mol. The first-order valence-electron chi connectivity index (χ1n) is 8.03. The van der Waals surface area contributed by atoms with Crippen molar-refractivity contribution in [2.45, 2.75) is 32.2 Å². The van der Waals surface area contributed by atoms with Crippen molar-refractivity contribution in [2.24, 2.45) is 0 Å². The van der Waals surface area contributed by atoms with Crippen LogP contribution in [0.5, 0.6) is 5.88 Å². The molecule has 8 heteroatoms. The van der Waals surface area contributed by atoms with E-state index in [1.807, 2.05) is 19.1 Å².